The molecule has 4 nitrogen and oxygen atoms in total. The Balaban J connectivity index is 1.78. The number of nitrogens with zero attached hydrogens (tertiary/aromatic N) is 1. The summed E-state index contributed by atoms with van der Waals surface area (Å²) in [7, 11) is 3.60. The number of aliphatic hydroxyl groups is 2. The molecule has 0 radical (unpaired) electrons. The molecule has 0 unspecified atom stereocenters. The Labute approximate surface area is 164 Å². The Kier molecular flexibility index (Phi) is 8.60. The summed E-state index contributed by atoms with van der Waals surface area (Å²) in [5.41, 5.74) is 1.48. The SMILES string of the molecule is CC#CCC[C@@H](O)C=C[C@@H]1[C@H]2CC(CCCCC(=O)N(C)C)=C[C@H]2C[C@H]1O. The topological polar surface area (TPSA) is 60.8 Å². The number of carbonyl (C=O) groups is 1. The zero-order valence-corrected chi connectivity index (χ0v) is 17.0. The van der Waals surface area contributed by atoms with Crippen molar-refractivity contribution in [2.75, 3.05) is 14.1 Å². The molecule has 0 bridgehead atoms. The highest BCUT2D eigenvalue weighted by Crippen LogP contribution is 2.48. The van der Waals surface area contributed by atoms with Gasteiger partial charge in [-0.2, -0.15) is 0 Å². The number of rotatable bonds is 9. The number of carbonyl (C=O) groups excluding carboxylic acids is 1. The fourth-order valence-corrected chi connectivity index (χ4v) is 4.34. The van der Waals surface area contributed by atoms with Crippen molar-refractivity contribution in [2.45, 2.75) is 70.5 Å². The molecule has 150 valence electrons. The van der Waals surface area contributed by atoms with Crippen LogP contribution in [0.25, 0.3) is 0 Å². The van der Waals surface area contributed by atoms with Gasteiger partial charge in [-0.15, -0.1) is 11.8 Å². The van der Waals surface area contributed by atoms with Gasteiger partial charge in [0.1, 0.15) is 0 Å². The van der Waals surface area contributed by atoms with E-state index in [4.69, 9.17) is 0 Å². The highest BCUT2D eigenvalue weighted by Gasteiger charge is 2.43. The summed E-state index contributed by atoms with van der Waals surface area (Å²) < 4.78 is 0. The number of unbranched alkanes of at least 4 members (excludes halogenated alkanes) is 1. The van der Waals surface area contributed by atoms with Gasteiger partial charge in [0.05, 0.1) is 12.2 Å². The molecule has 5 atom stereocenters. The van der Waals surface area contributed by atoms with E-state index in [1.807, 2.05) is 19.1 Å². The maximum atomic E-state index is 11.6. The summed E-state index contributed by atoms with van der Waals surface area (Å²) >= 11 is 0. The van der Waals surface area contributed by atoms with E-state index < -0.39 is 6.10 Å². The minimum absolute atomic E-state index is 0.131. The van der Waals surface area contributed by atoms with Crippen LogP contribution in [0.2, 0.25) is 0 Å². The Hall–Kier alpha value is -1.57. The van der Waals surface area contributed by atoms with E-state index in [0.29, 0.717) is 31.1 Å². The van der Waals surface area contributed by atoms with Crippen molar-refractivity contribution in [1.29, 1.82) is 0 Å². The van der Waals surface area contributed by atoms with E-state index in [1.54, 1.807) is 19.0 Å². The molecular formula is C23H35NO3. The Morgan fingerprint density at radius 2 is 2.19 bits per heavy atom. The third-order valence-corrected chi connectivity index (χ3v) is 5.88. The van der Waals surface area contributed by atoms with Crippen LogP contribution < -0.4 is 0 Å². The predicted molar refractivity (Wildman–Crippen MR) is 109 cm³/mol. The minimum Gasteiger partial charge on any atom is -0.392 e. The lowest BCUT2D eigenvalue weighted by Gasteiger charge is -2.19. The maximum Gasteiger partial charge on any atom is 0.222 e. The molecule has 0 aliphatic heterocycles. The van der Waals surface area contributed by atoms with Gasteiger partial charge in [-0.25, -0.2) is 0 Å². The highest BCUT2D eigenvalue weighted by atomic mass is 16.3. The molecule has 0 aromatic carbocycles. The van der Waals surface area contributed by atoms with Crippen LogP contribution in [-0.4, -0.2) is 47.3 Å². The van der Waals surface area contributed by atoms with Gasteiger partial charge in [0.25, 0.3) is 0 Å². The molecule has 2 aliphatic carbocycles. The summed E-state index contributed by atoms with van der Waals surface area (Å²) in [6.07, 6.45) is 12.3. The van der Waals surface area contributed by atoms with Crippen molar-refractivity contribution in [3.05, 3.63) is 23.8 Å². The average molecular weight is 374 g/mol. The minimum atomic E-state index is -0.486. The lowest BCUT2D eigenvalue weighted by molar-refractivity contribution is -0.128. The molecule has 4 heteroatoms. The van der Waals surface area contributed by atoms with Crippen LogP contribution in [0.15, 0.2) is 23.8 Å². The smallest absolute Gasteiger partial charge is 0.222 e. The Morgan fingerprint density at radius 1 is 1.41 bits per heavy atom. The summed E-state index contributed by atoms with van der Waals surface area (Å²) in [6.45, 7) is 1.81. The number of aliphatic hydroxyl groups excluding tert-OH is 2. The van der Waals surface area contributed by atoms with Crippen LogP contribution in [0.3, 0.4) is 0 Å². The quantitative estimate of drug-likeness (QED) is 0.370. The molecule has 1 fully saturated rings. The van der Waals surface area contributed by atoms with Crippen LogP contribution in [-0.2, 0) is 4.79 Å². The molecular weight excluding hydrogens is 338 g/mol. The van der Waals surface area contributed by atoms with E-state index in [9.17, 15) is 15.0 Å². The first kappa shape index (κ1) is 21.7. The first-order valence-electron chi connectivity index (χ1n) is 10.3. The number of hydrogen-bond acceptors (Lipinski definition) is 3. The van der Waals surface area contributed by atoms with Crippen molar-refractivity contribution in [3.8, 4) is 11.8 Å². The largest absolute Gasteiger partial charge is 0.392 e. The van der Waals surface area contributed by atoms with Crippen molar-refractivity contribution < 1.29 is 15.0 Å². The highest BCUT2D eigenvalue weighted by molar-refractivity contribution is 5.75. The van der Waals surface area contributed by atoms with Crippen LogP contribution in [0, 0.1) is 29.6 Å². The molecule has 0 saturated heterocycles. The lowest BCUT2D eigenvalue weighted by atomic mass is 9.88. The van der Waals surface area contributed by atoms with E-state index >= 15 is 0 Å². The fraction of sp³-hybridized carbons (Fsp3) is 0.696. The summed E-state index contributed by atoms with van der Waals surface area (Å²) in [5, 5.41) is 20.5. The summed E-state index contributed by atoms with van der Waals surface area (Å²) in [4.78, 5) is 13.3. The number of fused-ring (bicyclic) bond motifs is 1. The van der Waals surface area contributed by atoms with Crippen LogP contribution >= 0.6 is 0 Å². The zero-order valence-electron chi connectivity index (χ0n) is 17.0. The summed E-state index contributed by atoms with van der Waals surface area (Å²) in [5.74, 6) is 7.05. The fourth-order valence-electron chi connectivity index (χ4n) is 4.34. The van der Waals surface area contributed by atoms with E-state index in [0.717, 1.165) is 32.1 Å². The Morgan fingerprint density at radius 3 is 2.89 bits per heavy atom. The second kappa shape index (κ2) is 10.7. The summed E-state index contributed by atoms with van der Waals surface area (Å²) in [6, 6.07) is 0. The van der Waals surface area contributed by atoms with Gasteiger partial charge in [-0.1, -0.05) is 23.8 Å². The monoisotopic (exact) mass is 373 g/mol. The molecule has 1 saturated carbocycles. The molecule has 0 aromatic rings. The first-order valence-corrected chi connectivity index (χ1v) is 10.3. The van der Waals surface area contributed by atoms with Crippen LogP contribution in [0.4, 0.5) is 0 Å². The molecule has 0 aromatic heterocycles. The lowest BCUT2D eigenvalue weighted by Crippen LogP contribution is -2.21. The maximum absolute atomic E-state index is 11.6. The third kappa shape index (κ3) is 6.52. The zero-order chi connectivity index (χ0) is 19.8. The normalized spacial score (nSPS) is 27.8. The third-order valence-electron chi connectivity index (χ3n) is 5.88. The van der Waals surface area contributed by atoms with E-state index in [-0.39, 0.29) is 17.9 Å². The average Bonchev–Trinajstić information content (AvgIpc) is 3.13. The molecule has 0 spiro atoms. The van der Waals surface area contributed by atoms with E-state index in [1.165, 1.54) is 5.57 Å². The van der Waals surface area contributed by atoms with Gasteiger partial charge in [-0.05, 0) is 57.3 Å². The van der Waals surface area contributed by atoms with Gasteiger partial charge in [0.15, 0.2) is 0 Å². The second-order valence-electron chi connectivity index (χ2n) is 8.15. The van der Waals surface area contributed by atoms with Crippen LogP contribution in [0.1, 0.15) is 58.3 Å². The number of amides is 1. The number of allylic oxidation sites excluding steroid dienone is 2. The van der Waals surface area contributed by atoms with Gasteiger partial charge in [0.2, 0.25) is 5.91 Å². The standard InChI is InChI=1S/C23H35NO3/c1-4-5-6-10-19(25)12-13-20-21-15-17(14-18(21)16-22(20)26)9-7-8-11-23(27)24(2)3/h12-14,18-22,25-26H,6-11,15-16H2,1-3H3/t18-,19+,20+,21-,22+/m0/s1. The molecule has 0 heterocycles. The molecule has 2 N–H and O–H groups in total. The van der Waals surface area contributed by atoms with Crippen LogP contribution in [0.5, 0.6) is 0 Å². The molecule has 1 amide bonds. The van der Waals surface area contributed by atoms with Gasteiger partial charge in [0, 0.05) is 32.9 Å². The Bertz CT molecular complexity index is 611. The molecule has 2 aliphatic rings. The van der Waals surface area contributed by atoms with E-state index in [2.05, 4.69) is 17.9 Å². The number of hydrogen-bond donors (Lipinski definition) is 2. The van der Waals surface area contributed by atoms with Crippen molar-refractivity contribution in [1.82, 2.24) is 4.90 Å². The van der Waals surface area contributed by atoms with Crippen molar-refractivity contribution in [3.63, 3.8) is 0 Å². The van der Waals surface area contributed by atoms with Crippen molar-refractivity contribution >= 4 is 5.91 Å². The van der Waals surface area contributed by atoms with Crippen molar-refractivity contribution in [2.24, 2.45) is 17.8 Å². The van der Waals surface area contributed by atoms with Gasteiger partial charge < -0.3 is 15.1 Å². The molecule has 27 heavy (non-hydrogen) atoms. The predicted octanol–water partition coefficient (Wildman–Crippen LogP) is 3.30. The van der Waals surface area contributed by atoms with Gasteiger partial charge >= 0.3 is 0 Å². The van der Waals surface area contributed by atoms with Gasteiger partial charge in [-0.3, -0.25) is 4.79 Å². The second-order valence-corrected chi connectivity index (χ2v) is 8.15. The first-order chi connectivity index (χ1) is 12.9. The molecule has 2 rings (SSSR count).